The number of hydrogen-bond donors (Lipinski definition) is 1. The summed E-state index contributed by atoms with van der Waals surface area (Å²) in [6.45, 7) is 1.93. The molecular weight excluding hydrogens is 378 g/mol. The Labute approximate surface area is 165 Å². The van der Waals surface area contributed by atoms with E-state index in [9.17, 15) is 19.7 Å². The van der Waals surface area contributed by atoms with Gasteiger partial charge in [-0.3, -0.25) is 14.9 Å². The summed E-state index contributed by atoms with van der Waals surface area (Å²) in [4.78, 5) is 38.6. The Morgan fingerprint density at radius 1 is 1.24 bits per heavy atom. The number of rotatable bonds is 7. The van der Waals surface area contributed by atoms with Gasteiger partial charge in [-0.25, -0.2) is 14.5 Å². The topological polar surface area (TPSA) is 129 Å². The number of nitro groups is 1. The fourth-order valence-corrected chi connectivity index (χ4v) is 2.47. The highest BCUT2D eigenvalue weighted by atomic mass is 16.6. The molecule has 0 bridgehead atoms. The number of nitro benzene ring substituents is 1. The van der Waals surface area contributed by atoms with Gasteiger partial charge in [-0.2, -0.15) is 5.10 Å². The lowest BCUT2D eigenvalue weighted by atomic mass is 10.1. The van der Waals surface area contributed by atoms with Gasteiger partial charge >= 0.3 is 5.97 Å². The second-order valence-electron chi connectivity index (χ2n) is 6.13. The van der Waals surface area contributed by atoms with E-state index in [0.717, 1.165) is 5.56 Å². The van der Waals surface area contributed by atoms with Gasteiger partial charge in [-0.15, -0.1) is 0 Å². The Morgan fingerprint density at radius 3 is 2.66 bits per heavy atom. The molecule has 0 aliphatic heterocycles. The first-order valence-corrected chi connectivity index (χ1v) is 8.60. The number of anilines is 1. The van der Waals surface area contributed by atoms with E-state index < -0.39 is 22.9 Å². The molecule has 1 amide bonds. The molecule has 0 radical (unpaired) electrons. The monoisotopic (exact) mass is 395 g/mol. The molecule has 1 heterocycles. The number of esters is 1. The van der Waals surface area contributed by atoms with Crippen molar-refractivity contribution >= 4 is 23.3 Å². The van der Waals surface area contributed by atoms with Crippen LogP contribution in [0.5, 0.6) is 0 Å². The number of nitrogens with one attached hydrogen (secondary N) is 1. The quantitative estimate of drug-likeness (QED) is 0.369. The molecular formula is C19H17N5O5. The lowest BCUT2D eigenvalue weighted by Gasteiger charge is -2.13. The van der Waals surface area contributed by atoms with Crippen LogP contribution in [0.15, 0.2) is 61.2 Å². The number of hydrogen-bond acceptors (Lipinski definition) is 7. The zero-order valence-electron chi connectivity index (χ0n) is 15.4. The highest BCUT2D eigenvalue weighted by Gasteiger charge is 2.19. The van der Waals surface area contributed by atoms with Crippen LogP contribution in [-0.2, 0) is 16.1 Å². The molecule has 0 saturated heterocycles. The average molecular weight is 395 g/mol. The number of carbonyl (C=O) groups excluding carboxylic acids is 2. The summed E-state index contributed by atoms with van der Waals surface area (Å²) in [5.41, 5.74) is 1.30. The van der Waals surface area contributed by atoms with Crippen LogP contribution in [0.4, 0.5) is 11.4 Å². The smallest absolute Gasteiger partial charge is 0.338 e. The molecule has 1 atom stereocenters. The first-order valence-electron chi connectivity index (χ1n) is 8.60. The van der Waals surface area contributed by atoms with Crippen molar-refractivity contribution in [1.82, 2.24) is 14.8 Å². The molecule has 0 spiro atoms. The minimum absolute atomic E-state index is 0.154. The Balaban J connectivity index is 1.57. The third-order valence-electron chi connectivity index (χ3n) is 3.98. The number of nitrogens with zero attached hydrogens (tertiary/aromatic N) is 4. The Kier molecular flexibility index (Phi) is 5.93. The Hall–Kier alpha value is -4.08. The molecule has 1 unspecified atom stereocenters. The molecule has 0 aliphatic carbocycles. The maximum absolute atomic E-state index is 12.3. The highest BCUT2D eigenvalue weighted by molar-refractivity contribution is 5.97. The Bertz CT molecular complexity index is 1020. The van der Waals surface area contributed by atoms with Crippen LogP contribution >= 0.6 is 0 Å². The van der Waals surface area contributed by atoms with Crippen LogP contribution in [0.2, 0.25) is 0 Å². The van der Waals surface area contributed by atoms with Crippen LogP contribution in [0.1, 0.15) is 22.8 Å². The van der Waals surface area contributed by atoms with Gasteiger partial charge in [0.25, 0.3) is 11.6 Å². The molecule has 10 heteroatoms. The minimum Gasteiger partial charge on any atom is -0.449 e. The van der Waals surface area contributed by atoms with Gasteiger partial charge < -0.3 is 10.1 Å². The molecule has 2 aromatic carbocycles. The average Bonchev–Trinajstić information content (AvgIpc) is 3.21. The van der Waals surface area contributed by atoms with Crippen LogP contribution in [0.25, 0.3) is 0 Å². The van der Waals surface area contributed by atoms with Crippen LogP contribution in [0.3, 0.4) is 0 Å². The molecule has 29 heavy (non-hydrogen) atoms. The predicted molar refractivity (Wildman–Crippen MR) is 102 cm³/mol. The van der Waals surface area contributed by atoms with E-state index in [2.05, 4.69) is 15.4 Å². The fraction of sp³-hybridized carbons (Fsp3) is 0.158. The van der Waals surface area contributed by atoms with Gasteiger partial charge in [0, 0.05) is 17.8 Å². The number of aromatic nitrogens is 3. The summed E-state index contributed by atoms with van der Waals surface area (Å²) in [5.74, 6) is -1.25. The van der Waals surface area contributed by atoms with Crippen LogP contribution in [-0.4, -0.2) is 37.7 Å². The largest absolute Gasteiger partial charge is 0.449 e. The zero-order valence-corrected chi connectivity index (χ0v) is 15.4. The first-order chi connectivity index (χ1) is 13.9. The second-order valence-corrected chi connectivity index (χ2v) is 6.13. The SMILES string of the molecule is CC(OC(=O)c1ccc(Cn2cncn2)cc1)C(=O)Nc1cccc([N+](=O)[O-])c1. The van der Waals surface area contributed by atoms with Crippen molar-refractivity contribution in [3.05, 3.63) is 82.4 Å². The Morgan fingerprint density at radius 2 is 2.00 bits per heavy atom. The van der Waals surface area contributed by atoms with Gasteiger partial charge in [0.15, 0.2) is 6.10 Å². The van der Waals surface area contributed by atoms with Gasteiger partial charge in [-0.05, 0) is 30.7 Å². The van der Waals surface area contributed by atoms with E-state index in [-0.39, 0.29) is 11.4 Å². The summed E-state index contributed by atoms with van der Waals surface area (Å²) in [6, 6.07) is 12.2. The molecule has 148 valence electrons. The maximum Gasteiger partial charge on any atom is 0.338 e. The van der Waals surface area contributed by atoms with E-state index in [1.54, 1.807) is 35.3 Å². The fourth-order valence-electron chi connectivity index (χ4n) is 2.47. The molecule has 0 fully saturated rings. The molecule has 0 aliphatic rings. The van der Waals surface area contributed by atoms with Crippen molar-refractivity contribution in [3.63, 3.8) is 0 Å². The number of ether oxygens (including phenoxy) is 1. The summed E-state index contributed by atoms with van der Waals surface area (Å²) in [6.07, 6.45) is 1.94. The lowest BCUT2D eigenvalue weighted by Crippen LogP contribution is -2.30. The number of non-ortho nitro benzene ring substituents is 1. The summed E-state index contributed by atoms with van der Waals surface area (Å²) < 4.78 is 6.83. The number of carbonyl (C=O) groups is 2. The van der Waals surface area contributed by atoms with Crippen molar-refractivity contribution in [3.8, 4) is 0 Å². The molecule has 0 saturated carbocycles. The third kappa shape index (κ3) is 5.22. The van der Waals surface area contributed by atoms with E-state index in [1.807, 2.05) is 0 Å². The van der Waals surface area contributed by atoms with Gasteiger partial charge in [-0.1, -0.05) is 18.2 Å². The van der Waals surface area contributed by atoms with E-state index in [1.165, 1.54) is 37.5 Å². The lowest BCUT2D eigenvalue weighted by molar-refractivity contribution is -0.384. The maximum atomic E-state index is 12.3. The second kappa shape index (κ2) is 8.74. The summed E-state index contributed by atoms with van der Waals surface area (Å²) in [5, 5.41) is 17.3. The standard InChI is InChI=1S/C19H17N5O5/c1-13(18(25)22-16-3-2-4-17(9-16)24(27)28)29-19(26)15-7-5-14(6-8-15)10-23-12-20-11-21-23/h2-9,11-13H,10H2,1H3,(H,22,25). The molecule has 3 aromatic rings. The first kappa shape index (κ1) is 19.7. The van der Waals surface area contributed by atoms with E-state index in [0.29, 0.717) is 12.1 Å². The van der Waals surface area contributed by atoms with Crippen molar-refractivity contribution in [2.75, 3.05) is 5.32 Å². The van der Waals surface area contributed by atoms with E-state index in [4.69, 9.17) is 4.74 Å². The third-order valence-corrected chi connectivity index (χ3v) is 3.98. The summed E-state index contributed by atoms with van der Waals surface area (Å²) in [7, 11) is 0. The van der Waals surface area contributed by atoms with Gasteiger partial charge in [0.1, 0.15) is 12.7 Å². The predicted octanol–water partition coefficient (Wildman–Crippen LogP) is 2.42. The zero-order chi connectivity index (χ0) is 20.8. The van der Waals surface area contributed by atoms with Gasteiger partial charge in [0.05, 0.1) is 17.0 Å². The summed E-state index contributed by atoms with van der Waals surface area (Å²) >= 11 is 0. The normalized spacial score (nSPS) is 11.5. The number of amides is 1. The van der Waals surface area contributed by atoms with Crippen molar-refractivity contribution in [2.24, 2.45) is 0 Å². The minimum atomic E-state index is -1.09. The molecule has 1 N–H and O–H groups in total. The van der Waals surface area contributed by atoms with Crippen LogP contribution < -0.4 is 5.32 Å². The van der Waals surface area contributed by atoms with Crippen LogP contribution in [0, 0.1) is 10.1 Å². The molecule has 3 rings (SSSR count). The highest BCUT2D eigenvalue weighted by Crippen LogP contribution is 2.17. The molecule has 1 aromatic heterocycles. The molecule has 10 nitrogen and oxygen atoms in total. The van der Waals surface area contributed by atoms with Crippen molar-refractivity contribution in [2.45, 2.75) is 19.6 Å². The van der Waals surface area contributed by atoms with Crippen molar-refractivity contribution in [1.29, 1.82) is 0 Å². The van der Waals surface area contributed by atoms with Crippen molar-refractivity contribution < 1.29 is 19.2 Å². The number of benzene rings is 2. The van der Waals surface area contributed by atoms with Gasteiger partial charge in [0.2, 0.25) is 0 Å². The van der Waals surface area contributed by atoms with E-state index >= 15 is 0 Å².